The van der Waals surface area contributed by atoms with Gasteiger partial charge in [-0.25, -0.2) is 0 Å². The predicted molar refractivity (Wildman–Crippen MR) is 71.9 cm³/mol. The van der Waals surface area contributed by atoms with Crippen LogP contribution in [0.4, 0.5) is 5.69 Å². The number of aryl methyl sites for hydroxylation is 1. The second kappa shape index (κ2) is 5.29. The summed E-state index contributed by atoms with van der Waals surface area (Å²) in [6, 6.07) is 6.14. The molecule has 1 heterocycles. The first-order valence-electron chi connectivity index (χ1n) is 6.30. The Labute approximate surface area is 108 Å². The van der Waals surface area contributed by atoms with E-state index in [4.69, 9.17) is 10.5 Å². The molecule has 2 N–H and O–H groups in total. The molecule has 0 spiro atoms. The van der Waals surface area contributed by atoms with E-state index in [1.807, 2.05) is 19.1 Å². The highest BCUT2D eigenvalue weighted by Gasteiger charge is 2.24. The van der Waals surface area contributed by atoms with Crippen LogP contribution in [0.5, 0.6) is 5.75 Å². The number of nitrogens with zero attached hydrogens (tertiary/aromatic N) is 1. The minimum absolute atomic E-state index is 0.0361. The van der Waals surface area contributed by atoms with Crippen molar-refractivity contribution < 1.29 is 9.53 Å². The molecule has 98 valence electrons. The zero-order valence-electron chi connectivity index (χ0n) is 11.0. The molecule has 0 saturated carbocycles. The Bertz CT molecular complexity index is 445. The Balaban J connectivity index is 2.18. The van der Waals surface area contributed by atoms with Gasteiger partial charge in [0.25, 0.3) is 0 Å². The van der Waals surface area contributed by atoms with Gasteiger partial charge in [0.2, 0.25) is 5.91 Å². The number of rotatable bonds is 3. The number of carbonyl (C=O) groups is 1. The van der Waals surface area contributed by atoms with Gasteiger partial charge in [-0.15, -0.1) is 0 Å². The molecule has 1 aliphatic heterocycles. The summed E-state index contributed by atoms with van der Waals surface area (Å²) in [7, 11) is 1.68. The molecule has 4 nitrogen and oxygen atoms in total. The van der Waals surface area contributed by atoms with Gasteiger partial charge in [0.1, 0.15) is 5.75 Å². The van der Waals surface area contributed by atoms with Crippen molar-refractivity contribution in [2.24, 2.45) is 11.7 Å². The fourth-order valence-electron chi connectivity index (χ4n) is 2.45. The molecular weight excluding hydrogens is 228 g/mol. The lowest BCUT2D eigenvalue weighted by Crippen LogP contribution is -2.41. The van der Waals surface area contributed by atoms with E-state index in [9.17, 15) is 4.79 Å². The maximum Gasteiger partial charge on any atom is 0.222 e. The molecule has 0 unspecified atom stereocenters. The molecule has 0 radical (unpaired) electrons. The normalized spacial score (nSPS) is 19.7. The van der Waals surface area contributed by atoms with Crippen LogP contribution in [0, 0.1) is 12.8 Å². The molecule has 18 heavy (non-hydrogen) atoms. The lowest BCUT2D eigenvalue weighted by molar-refractivity contribution is -0.122. The van der Waals surface area contributed by atoms with E-state index in [0.29, 0.717) is 6.54 Å². The third-order valence-electron chi connectivity index (χ3n) is 3.58. The van der Waals surface area contributed by atoms with Gasteiger partial charge in [-0.05, 0) is 31.4 Å². The summed E-state index contributed by atoms with van der Waals surface area (Å²) >= 11 is 0. The quantitative estimate of drug-likeness (QED) is 0.886. The fourth-order valence-corrected chi connectivity index (χ4v) is 2.45. The first kappa shape index (κ1) is 12.7. The molecule has 1 atom stereocenters. The number of nitrogens with two attached hydrogens (primary N) is 1. The maximum atomic E-state index is 11.3. The number of piperidine rings is 1. The Kier molecular flexibility index (Phi) is 3.75. The van der Waals surface area contributed by atoms with Gasteiger partial charge in [-0.1, -0.05) is 6.07 Å². The number of ether oxygens (including phenoxy) is 1. The van der Waals surface area contributed by atoms with Crippen LogP contribution in [0.3, 0.4) is 0 Å². The molecule has 1 aromatic carbocycles. The third kappa shape index (κ3) is 2.58. The lowest BCUT2D eigenvalue weighted by atomic mass is 9.97. The molecule has 1 fully saturated rings. The summed E-state index contributed by atoms with van der Waals surface area (Å²) in [5, 5.41) is 0. The summed E-state index contributed by atoms with van der Waals surface area (Å²) in [4.78, 5) is 13.5. The molecular formula is C14H20N2O2. The van der Waals surface area contributed by atoms with Crippen LogP contribution >= 0.6 is 0 Å². The smallest absolute Gasteiger partial charge is 0.222 e. The number of anilines is 1. The van der Waals surface area contributed by atoms with Crippen LogP contribution in [0.2, 0.25) is 0 Å². The van der Waals surface area contributed by atoms with Crippen molar-refractivity contribution in [2.75, 3.05) is 25.1 Å². The highest BCUT2D eigenvalue weighted by atomic mass is 16.5. The van der Waals surface area contributed by atoms with E-state index in [-0.39, 0.29) is 11.8 Å². The standard InChI is InChI=1S/C14H20N2O2/c1-10-5-6-12(8-13(10)18-2)16-7-3-4-11(9-16)14(15)17/h5-6,8,11H,3-4,7,9H2,1-2H3,(H2,15,17)/t11-/m0/s1. The Morgan fingerprint density at radius 2 is 2.28 bits per heavy atom. The molecule has 2 rings (SSSR count). The number of carbonyl (C=O) groups excluding carboxylic acids is 1. The average Bonchev–Trinajstić information content (AvgIpc) is 2.39. The van der Waals surface area contributed by atoms with Crippen LogP contribution in [-0.2, 0) is 4.79 Å². The summed E-state index contributed by atoms with van der Waals surface area (Å²) in [6.45, 7) is 3.70. The SMILES string of the molecule is COc1cc(N2CCC[C@H](C(N)=O)C2)ccc1C. The van der Waals surface area contributed by atoms with Crippen LogP contribution in [-0.4, -0.2) is 26.1 Å². The Morgan fingerprint density at radius 1 is 1.50 bits per heavy atom. The zero-order chi connectivity index (χ0) is 13.1. The van der Waals surface area contributed by atoms with Crippen LogP contribution in [0.15, 0.2) is 18.2 Å². The molecule has 1 aromatic rings. The number of methoxy groups -OCH3 is 1. The van der Waals surface area contributed by atoms with Crippen molar-refractivity contribution in [2.45, 2.75) is 19.8 Å². The number of benzene rings is 1. The highest BCUT2D eigenvalue weighted by Crippen LogP contribution is 2.28. The summed E-state index contributed by atoms with van der Waals surface area (Å²) in [5.41, 5.74) is 7.61. The van der Waals surface area contributed by atoms with Gasteiger partial charge < -0.3 is 15.4 Å². The summed E-state index contributed by atoms with van der Waals surface area (Å²) in [6.07, 6.45) is 1.90. The second-order valence-electron chi connectivity index (χ2n) is 4.84. The van der Waals surface area contributed by atoms with Crippen molar-refractivity contribution >= 4 is 11.6 Å². The average molecular weight is 248 g/mol. The first-order chi connectivity index (χ1) is 8.61. The Morgan fingerprint density at radius 3 is 2.94 bits per heavy atom. The van der Waals surface area contributed by atoms with Gasteiger partial charge in [-0.2, -0.15) is 0 Å². The van der Waals surface area contributed by atoms with Crippen LogP contribution in [0.1, 0.15) is 18.4 Å². The van der Waals surface area contributed by atoms with Gasteiger partial charge in [0.05, 0.1) is 13.0 Å². The summed E-state index contributed by atoms with van der Waals surface area (Å²) in [5.74, 6) is 0.651. The van der Waals surface area contributed by atoms with E-state index in [0.717, 1.165) is 36.4 Å². The number of primary amides is 1. The Hall–Kier alpha value is -1.71. The van der Waals surface area contributed by atoms with Gasteiger partial charge in [0.15, 0.2) is 0 Å². The molecule has 1 aliphatic rings. The van der Waals surface area contributed by atoms with Gasteiger partial charge in [-0.3, -0.25) is 4.79 Å². The van der Waals surface area contributed by atoms with Crippen molar-refractivity contribution in [3.05, 3.63) is 23.8 Å². The van der Waals surface area contributed by atoms with Gasteiger partial charge >= 0.3 is 0 Å². The molecule has 4 heteroatoms. The minimum atomic E-state index is -0.196. The van der Waals surface area contributed by atoms with Crippen LogP contribution in [0.25, 0.3) is 0 Å². The number of hydrogen-bond donors (Lipinski definition) is 1. The largest absolute Gasteiger partial charge is 0.496 e. The topological polar surface area (TPSA) is 55.6 Å². The molecule has 1 amide bonds. The molecule has 0 aliphatic carbocycles. The maximum absolute atomic E-state index is 11.3. The van der Waals surface area contributed by atoms with E-state index >= 15 is 0 Å². The van der Waals surface area contributed by atoms with E-state index < -0.39 is 0 Å². The van der Waals surface area contributed by atoms with Crippen molar-refractivity contribution in [3.8, 4) is 5.75 Å². The minimum Gasteiger partial charge on any atom is -0.496 e. The van der Waals surface area contributed by atoms with Crippen LogP contribution < -0.4 is 15.4 Å². The van der Waals surface area contributed by atoms with E-state index in [1.165, 1.54) is 0 Å². The highest BCUT2D eigenvalue weighted by molar-refractivity contribution is 5.77. The fraction of sp³-hybridized carbons (Fsp3) is 0.500. The number of amides is 1. The van der Waals surface area contributed by atoms with Crippen molar-refractivity contribution in [1.29, 1.82) is 0 Å². The van der Waals surface area contributed by atoms with E-state index in [1.54, 1.807) is 7.11 Å². The lowest BCUT2D eigenvalue weighted by Gasteiger charge is -2.33. The zero-order valence-corrected chi connectivity index (χ0v) is 11.0. The third-order valence-corrected chi connectivity index (χ3v) is 3.58. The number of hydrogen-bond acceptors (Lipinski definition) is 3. The van der Waals surface area contributed by atoms with Crippen molar-refractivity contribution in [3.63, 3.8) is 0 Å². The van der Waals surface area contributed by atoms with Gasteiger partial charge in [0, 0.05) is 24.8 Å². The molecule has 1 saturated heterocycles. The van der Waals surface area contributed by atoms with E-state index in [2.05, 4.69) is 11.0 Å². The van der Waals surface area contributed by atoms with Crippen molar-refractivity contribution in [1.82, 2.24) is 0 Å². The predicted octanol–water partition coefficient (Wildman–Crippen LogP) is 1.71. The monoisotopic (exact) mass is 248 g/mol. The molecule has 0 aromatic heterocycles. The second-order valence-corrected chi connectivity index (χ2v) is 4.84. The molecule has 0 bridgehead atoms. The summed E-state index contributed by atoms with van der Waals surface area (Å²) < 4.78 is 5.33. The first-order valence-corrected chi connectivity index (χ1v) is 6.30.